The number of hydrogen-bond donors (Lipinski definition) is 1. The van der Waals surface area contributed by atoms with E-state index in [0.29, 0.717) is 0 Å². The summed E-state index contributed by atoms with van der Waals surface area (Å²) in [6.07, 6.45) is -4.41. The van der Waals surface area contributed by atoms with Gasteiger partial charge in [0.2, 0.25) is 0 Å². The van der Waals surface area contributed by atoms with Crippen LogP contribution in [-0.2, 0) is 11.0 Å². The molecular formula is C10H10F3NO2. The van der Waals surface area contributed by atoms with Crippen LogP contribution in [0.1, 0.15) is 5.56 Å². The summed E-state index contributed by atoms with van der Waals surface area (Å²) in [7, 11) is 1.41. The lowest BCUT2D eigenvalue weighted by Crippen LogP contribution is -2.24. The highest BCUT2D eigenvalue weighted by atomic mass is 19.4. The minimum absolute atomic E-state index is 0.0124. The van der Waals surface area contributed by atoms with Crippen LogP contribution < -0.4 is 10.1 Å². The molecule has 1 aromatic carbocycles. The lowest BCUT2D eigenvalue weighted by Gasteiger charge is -2.09. The molecule has 0 aliphatic carbocycles. The van der Waals surface area contributed by atoms with E-state index in [0.717, 1.165) is 12.1 Å². The summed E-state index contributed by atoms with van der Waals surface area (Å²) >= 11 is 0. The predicted molar refractivity (Wildman–Crippen MR) is 51.0 cm³/mol. The van der Waals surface area contributed by atoms with E-state index in [1.165, 1.54) is 19.2 Å². The van der Waals surface area contributed by atoms with Crippen LogP contribution in [-0.4, -0.2) is 19.6 Å². The lowest BCUT2D eigenvalue weighted by molar-refractivity contribution is -0.137. The molecule has 6 heteroatoms. The van der Waals surface area contributed by atoms with Crippen LogP contribution >= 0.6 is 0 Å². The second-order valence-electron chi connectivity index (χ2n) is 2.99. The number of likely N-dealkylation sites (N-methyl/N-ethyl adjacent to an activating group) is 1. The Kier molecular flexibility index (Phi) is 3.76. The van der Waals surface area contributed by atoms with Crippen molar-refractivity contribution >= 4 is 5.91 Å². The highest BCUT2D eigenvalue weighted by Gasteiger charge is 2.30. The molecule has 88 valence electrons. The van der Waals surface area contributed by atoms with Gasteiger partial charge in [-0.3, -0.25) is 4.79 Å². The normalized spacial score (nSPS) is 11.0. The molecule has 0 saturated carbocycles. The third-order valence-electron chi connectivity index (χ3n) is 1.81. The Morgan fingerprint density at radius 3 is 2.69 bits per heavy atom. The number of amides is 1. The van der Waals surface area contributed by atoms with Gasteiger partial charge >= 0.3 is 6.18 Å². The molecule has 16 heavy (non-hydrogen) atoms. The van der Waals surface area contributed by atoms with Crippen LogP contribution in [0.3, 0.4) is 0 Å². The van der Waals surface area contributed by atoms with Gasteiger partial charge in [-0.05, 0) is 18.2 Å². The molecule has 0 aliphatic rings. The number of ether oxygens (including phenoxy) is 1. The zero-order valence-electron chi connectivity index (χ0n) is 8.47. The van der Waals surface area contributed by atoms with Crippen molar-refractivity contribution in [3.63, 3.8) is 0 Å². The van der Waals surface area contributed by atoms with Crippen LogP contribution in [0.25, 0.3) is 0 Å². The maximum atomic E-state index is 12.3. The number of alkyl halides is 3. The summed E-state index contributed by atoms with van der Waals surface area (Å²) in [4.78, 5) is 10.8. The summed E-state index contributed by atoms with van der Waals surface area (Å²) in [5, 5.41) is 2.29. The van der Waals surface area contributed by atoms with E-state index >= 15 is 0 Å². The van der Waals surface area contributed by atoms with Gasteiger partial charge in [-0.1, -0.05) is 6.07 Å². The molecule has 0 atom stereocenters. The first kappa shape index (κ1) is 12.4. The SMILES string of the molecule is CNC(=O)COc1cccc(C(F)(F)F)c1. The quantitative estimate of drug-likeness (QED) is 0.864. The predicted octanol–water partition coefficient (Wildman–Crippen LogP) is 1.83. The topological polar surface area (TPSA) is 38.3 Å². The van der Waals surface area contributed by atoms with Gasteiger partial charge in [-0.2, -0.15) is 13.2 Å². The van der Waals surface area contributed by atoms with Crippen LogP contribution in [0.4, 0.5) is 13.2 Å². The number of carbonyl (C=O) groups is 1. The van der Waals surface area contributed by atoms with Crippen LogP contribution in [0.2, 0.25) is 0 Å². The van der Waals surface area contributed by atoms with E-state index < -0.39 is 17.6 Å². The van der Waals surface area contributed by atoms with Gasteiger partial charge in [0, 0.05) is 7.05 Å². The van der Waals surface area contributed by atoms with E-state index in [2.05, 4.69) is 5.32 Å². The molecule has 1 rings (SSSR count). The first-order valence-corrected chi connectivity index (χ1v) is 4.44. The van der Waals surface area contributed by atoms with Crippen LogP contribution in [0.5, 0.6) is 5.75 Å². The van der Waals surface area contributed by atoms with Gasteiger partial charge in [0.15, 0.2) is 6.61 Å². The standard InChI is InChI=1S/C10H10F3NO2/c1-14-9(15)6-16-8-4-2-3-7(5-8)10(11,12)13/h2-5H,6H2,1H3,(H,14,15). The first-order chi connectivity index (χ1) is 7.43. The fourth-order valence-electron chi connectivity index (χ4n) is 0.983. The molecule has 0 heterocycles. The van der Waals surface area contributed by atoms with Crippen molar-refractivity contribution in [1.82, 2.24) is 5.32 Å². The fourth-order valence-corrected chi connectivity index (χ4v) is 0.983. The van der Waals surface area contributed by atoms with Crippen molar-refractivity contribution in [2.24, 2.45) is 0 Å². The molecular weight excluding hydrogens is 223 g/mol. The van der Waals surface area contributed by atoms with Gasteiger partial charge in [0.25, 0.3) is 5.91 Å². The number of benzene rings is 1. The van der Waals surface area contributed by atoms with Gasteiger partial charge in [0.1, 0.15) is 5.75 Å². The van der Waals surface area contributed by atoms with Gasteiger partial charge in [0.05, 0.1) is 5.56 Å². The molecule has 1 N–H and O–H groups in total. The van der Waals surface area contributed by atoms with Crippen molar-refractivity contribution in [3.8, 4) is 5.75 Å². The molecule has 0 fully saturated rings. The molecule has 0 bridgehead atoms. The Hall–Kier alpha value is -1.72. The van der Waals surface area contributed by atoms with Crippen LogP contribution in [0.15, 0.2) is 24.3 Å². The Balaban J connectivity index is 2.72. The summed E-state index contributed by atoms with van der Waals surface area (Å²) in [6.45, 7) is -0.308. The maximum absolute atomic E-state index is 12.3. The van der Waals surface area contributed by atoms with E-state index in [1.807, 2.05) is 0 Å². The fraction of sp³-hybridized carbons (Fsp3) is 0.300. The number of nitrogens with one attached hydrogen (secondary N) is 1. The van der Waals surface area contributed by atoms with E-state index in [9.17, 15) is 18.0 Å². The smallest absolute Gasteiger partial charge is 0.416 e. The molecule has 0 aromatic heterocycles. The van der Waals surface area contributed by atoms with Crippen molar-refractivity contribution in [3.05, 3.63) is 29.8 Å². The van der Waals surface area contributed by atoms with Gasteiger partial charge < -0.3 is 10.1 Å². The highest BCUT2D eigenvalue weighted by Crippen LogP contribution is 2.31. The number of rotatable bonds is 3. The molecule has 1 amide bonds. The molecule has 0 spiro atoms. The monoisotopic (exact) mass is 233 g/mol. The first-order valence-electron chi connectivity index (χ1n) is 4.44. The summed E-state index contributed by atoms with van der Waals surface area (Å²) in [5.74, 6) is -0.393. The Morgan fingerprint density at radius 1 is 1.44 bits per heavy atom. The largest absolute Gasteiger partial charge is 0.484 e. The van der Waals surface area contributed by atoms with Crippen molar-refractivity contribution < 1.29 is 22.7 Å². The van der Waals surface area contributed by atoms with Crippen LogP contribution in [0, 0.1) is 0 Å². The average molecular weight is 233 g/mol. The second kappa shape index (κ2) is 4.87. The van der Waals surface area contributed by atoms with Gasteiger partial charge in [-0.25, -0.2) is 0 Å². The van der Waals surface area contributed by atoms with Gasteiger partial charge in [-0.15, -0.1) is 0 Å². The molecule has 1 aromatic rings. The molecule has 0 radical (unpaired) electrons. The molecule has 0 aliphatic heterocycles. The summed E-state index contributed by atoms with van der Waals surface area (Å²) < 4.78 is 41.8. The average Bonchev–Trinajstić information content (AvgIpc) is 2.25. The second-order valence-corrected chi connectivity index (χ2v) is 2.99. The minimum atomic E-state index is -4.41. The van der Waals surface area contributed by atoms with E-state index in [4.69, 9.17) is 4.74 Å². The Labute approximate surface area is 90.2 Å². The number of halogens is 3. The molecule has 3 nitrogen and oxygen atoms in total. The third-order valence-corrected chi connectivity index (χ3v) is 1.81. The van der Waals surface area contributed by atoms with E-state index in [-0.39, 0.29) is 12.4 Å². The van der Waals surface area contributed by atoms with Crippen molar-refractivity contribution in [2.45, 2.75) is 6.18 Å². The number of carbonyl (C=O) groups excluding carboxylic acids is 1. The van der Waals surface area contributed by atoms with Crippen molar-refractivity contribution in [2.75, 3.05) is 13.7 Å². The van der Waals surface area contributed by atoms with E-state index in [1.54, 1.807) is 0 Å². The molecule has 0 saturated heterocycles. The Bertz CT molecular complexity index is 377. The lowest BCUT2D eigenvalue weighted by atomic mass is 10.2. The summed E-state index contributed by atoms with van der Waals surface area (Å²) in [6, 6.07) is 4.37. The number of hydrogen-bond acceptors (Lipinski definition) is 2. The third kappa shape index (κ3) is 3.45. The maximum Gasteiger partial charge on any atom is 0.416 e. The van der Waals surface area contributed by atoms with Crippen molar-refractivity contribution in [1.29, 1.82) is 0 Å². The summed E-state index contributed by atoms with van der Waals surface area (Å²) in [5.41, 5.74) is -0.804. The Morgan fingerprint density at radius 2 is 2.12 bits per heavy atom. The molecule has 0 unspecified atom stereocenters. The highest BCUT2D eigenvalue weighted by molar-refractivity contribution is 5.77. The minimum Gasteiger partial charge on any atom is -0.484 e. The zero-order valence-corrected chi connectivity index (χ0v) is 8.47. The zero-order chi connectivity index (χ0) is 12.2.